The van der Waals surface area contributed by atoms with E-state index in [1.54, 1.807) is 0 Å². The molecule has 2 amide bonds. The van der Waals surface area contributed by atoms with Gasteiger partial charge in [-0.1, -0.05) is 0 Å². The lowest BCUT2D eigenvalue weighted by Crippen LogP contribution is -2.44. The fourth-order valence-electron chi connectivity index (χ4n) is 2.71. The van der Waals surface area contributed by atoms with Crippen molar-refractivity contribution in [3.63, 3.8) is 0 Å². The van der Waals surface area contributed by atoms with Crippen molar-refractivity contribution in [2.45, 2.75) is 51.7 Å². The molecule has 0 fully saturated rings. The van der Waals surface area contributed by atoms with Crippen LogP contribution in [0.15, 0.2) is 30.4 Å². The lowest BCUT2D eigenvalue weighted by Gasteiger charge is -2.29. The number of nitrogens with one attached hydrogen (secondary N) is 1. The smallest absolute Gasteiger partial charge is 0.337 e. The first-order valence-corrected chi connectivity index (χ1v) is 9.95. The summed E-state index contributed by atoms with van der Waals surface area (Å²) in [5, 5.41) is 2.88. The number of esters is 1. The molecule has 0 aliphatic carbocycles. The first-order chi connectivity index (χ1) is 14.8. The molecule has 0 unspecified atom stereocenters. The highest BCUT2D eigenvalue weighted by molar-refractivity contribution is 6.10. The van der Waals surface area contributed by atoms with Gasteiger partial charge in [0.1, 0.15) is 0 Å². The summed E-state index contributed by atoms with van der Waals surface area (Å²) in [7, 11) is 1.19. The third-order valence-electron chi connectivity index (χ3n) is 4.50. The Labute approximate surface area is 188 Å². The van der Waals surface area contributed by atoms with Gasteiger partial charge >= 0.3 is 5.97 Å². The fourth-order valence-corrected chi connectivity index (χ4v) is 2.71. The van der Waals surface area contributed by atoms with Gasteiger partial charge in [0.15, 0.2) is 5.78 Å². The number of methoxy groups -OCH3 is 1. The zero-order valence-electron chi connectivity index (χ0n) is 19.1. The number of benzene rings is 1. The predicted octanol–water partition coefficient (Wildman–Crippen LogP) is 2.41. The maximum absolute atomic E-state index is 12.9. The van der Waals surface area contributed by atoms with Crippen molar-refractivity contribution in [1.82, 2.24) is 5.32 Å². The Morgan fingerprint density at radius 1 is 1.06 bits per heavy atom. The topological polar surface area (TPSA) is 125 Å². The van der Waals surface area contributed by atoms with Crippen molar-refractivity contribution < 1.29 is 28.7 Å². The monoisotopic (exact) mass is 442 g/mol. The Morgan fingerprint density at radius 2 is 1.66 bits per heavy atom. The summed E-state index contributed by atoms with van der Waals surface area (Å²) in [5.41, 5.74) is 4.03. The average molecular weight is 443 g/mol. The largest absolute Gasteiger partial charge is 0.465 e. The van der Waals surface area contributed by atoms with Crippen LogP contribution in [0.5, 0.6) is 0 Å². The van der Waals surface area contributed by atoms with Crippen molar-refractivity contribution in [3.05, 3.63) is 47.0 Å². The Kier molecular flexibility index (Phi) is 9.35. The van der Waals surface area contributed by atoms with E-state index < -0.39 is 34.7 Å². The molecule has 0 bridgehead atoms. The average Bonchev–Trinajstić information content (AvgIpc) is 2.70. The van der Waals surface area contributed by atoms with Gasteiger partial charge in [-0.25, -0.2) is 4.79 Å². The molecule has 0 heterocycles. The van der Waals surface area contributed by atoms with Gasteiger partial charge in [0, 0.05) is 35.8 Å². The molecule has 0 saturated carbocycles. The van der Waals surface area contributed by atoms with E-state index in [0.717, 1.165) is 12.2 Å². The van der Waals surface area contributed by atoms with Gasteiger partial charge in [0.2, 0.25) is 5.91 Å². The molecule has 1 aromatic rings. The van der Waals surface area contributed by atoms with E-state index in [-0.39, 0.29) is 16.7 Å². The molecule has 8 heteroatoms. The highest BCUT2D eigenvalue weighted by atomic mass is 16.5. The van der Waals surface area contributed by atoms with Crippen LogP contribution in [0.2, 0.25) is 0 Å². The van der Waals surface area contributed by atoms with Gasteiger partial charge in [0.05, 0.1) is 18.3 Å². The fraction of sp³-hybridized carbons (Fsp3) is 0.417. The van der Waals surface area contributed by atoms with Gasteiger partial charge in [0.25, 0.3) is 5.91 Å². The van der Waals surface area contributed by atoms with E-state index in [4.69, 9.17) is 21.6 Å². The third kappa shape index (κ3) is 8.74. The Balaban J connectivity index is 3.06. The summed E-state index contributed by atoms with van der Waals surface area (Å²) in [6.07, 6.45) is 8.17. The SMILES string of the molecule is C#CCC(C)(C)OCCC(C)(C)NC(=O)c1cc(C(=O)/C=C/C(N)=O)cc(C(=O)OC)c1. The van der Waals surface area contributed by atoms with Crippen LogP contribution in [-0.2, 0) is 14.3 Å². The highest BCUT2D eigenvalue weighted by Crippen LogP contribution is 2.18. The van der Waals surface area contributed by atoms with Crippen molar-refractivity contribution >= 4 is 23.6 Å². The molecule has 0 radical (unpaired) electrons. The van der Waals surface area contributed by atoms with E-state index in [0.29, 0.717) is 19.4 Å². The van der Waals surface area contributed by atoms with Gasteiger partial charge in [-0.3, -0.25) is 14.4 Å². The summed E-state index contributed by atoms with van der Waals surface area (Å²) < 4.78 is 10.5. The Bertz CT molecular complexity index is 954. The summed E-state index contributed by atoms with van der Waals surface area (Å²) in [5.74, 6) is -0.0210. The van der Waals surface area contributed by atoms with E-state index >= 15 is 0 Å². The number of ether oxygens (including phenoxy) is 2. The normalized spacial score (nSPS) is 11.6. The number of rotatable bonds is 11. The van der Waals surface area contributed by atoms with Gasteiger partial charge in [-0.05, 0) is 58.4 Å². The highest BCUT2D eigenvalue weighted by Gasteiger charge is 2.25. The van der Waals surface area contributed by atoms with Crippen LogP contribution >= 0.6 is 0 Å². The number of hydrogen-bond acceptors (Lipinski definition) is 6. The molecule has 8 nitrogen and oxygen atoms in total. The zero-order chi connectivity index (χ0) is 24.5. The van der Waals surface area contributed by atoms with Gasteiger partial charge in [-0.2, -0.15) is 0 Å². The van der Waals surface area contributed by atoms with Crippen LogP contribution in [0.4, 0.5) is 0 Å². The minimum atomic E-state index is -0.796. The molecular formula is C24H30N2O6. The number of ketones is 1. The van der Waals surface area contributed by atoms with Crippen LogP contribution in [0.1, 0.15) is 71.6 Å². The minimum Gasteiger partial charge on any atom is -0.465 e. The molecule has 0 aliphatic rings. The maximum Gasteiger partial charge on any atom is 0.337 e. The number of hydrogen-bond donors (Lipinski definition) is 2. The van der Waals surface area contributed by atoms with E-state index in [1.165, 1.54) is 25.3 Å². The molecule has 0 aromatic heterocycles. The number of amides is 2. The lowest BCUT2D eigenvalue weighted by atomic mass is 9.98. The molecule has 0 atom stereocenters. The Morgan fingerprint density at radius 3 is 2.22 bits per heavy atom. The predicted molar refractivity (Wildman–Crippen MR) is 120 cm³/mol. The summed E-state index contributed by atoms with van der Waals surface area (Å²) in [6, 6.07) is 3.94. The number of carbonyl (C=O) groups is 4. The molecule has 32 heavy (non-hydrogen) atoms. The Hall–Kier alpha value is -3.44. The number of nitrogens with two attached hydrogens (primary N) is 1. The van der Waals surface area contributed by atoms with E-state index in [1.807, 2.05) is 27.7 Å². The first kappa shape index (κ1) is 26.6. The van der Waals surface area contributed by atoms with Crippen LogP contribution in [0.25, 0.3) is 0 Å². The zero-order valence-corrected chi connectivity index (χ0v) is 19.1. The number of carbonyl (C=O) groups excluding carboxylic acids is 4. The van der Waals surface area contributed by atoms with E-state index in [9.17, 15) is 19.2 Å². The number of terminal acetylenes is 1. The molecule has 1 rings (SSSR count). The summed E-state index contributed by atoms with van der Waals surface area (Å²) in [6.45, 7) is 7.80. The van der Waals surface area contributed by atoms with Crippen molar-refractivity contribution in [3.8, 4) is 12.3 Å². The van der Waals surface area contributed by atoms with Crippen molar-refractivity contribution in [2.24, 2.45) is 5.73 Å². The molecule has 0 saturated heterocycles. The summed E-state index contributed by atoms with van der Waals surface area (Å²) in [4.78, 5) is 48.2. The third-order valence-corrected chi connectivity index (χ3v) is 4.50. The molecule has 172 valence electrons. The van der Waals surface area contributed by atoms with Gasteiger partial charge in [-0.15, -0.1) is 12.3 Å². The van der Waals surface area contributed by atoms with Crippen molar-refractivity contribution in [2.75, 3.05) is 13.7 Å². The van der Waals surface area contributed by atoms with Crippen molar-refractivity contribution in [1.29, 1.82) is 0 Å². The lowest BCUT2D eigenvalue weighted by molar-refractivity contribution is -0.113. The molecular weight excluding hydrogens is 412 g/mol. The number of allylic oxidation sites excluding steroid dienone is 1. The van der Waals surface area contributed by atoms with E-state index in [2.05, 4.69) is 11.2 Å². The standard InChI is InChI=1S/C24H30N2O6/c1-7-10-24(4,5)32-12-11-23(2,3)26-21(29)17-13-16(19(27)8-9-20(25)28)14-18(15-17)22(30)31-6/h1,8-9,13-15H,10-12H2,2-6H3,(H2,25,28)(H,26,29)/b9-8+. The van der Waals surface area contributed by atoms with Crippen LogP contribution in [-0.4, -0.2) is 48.4 Å². The molecule has 3 N–H and O–H groups in total. The molecule has 1 aromatic carbocycles. The maximum atomic E-state index is 12.9. The minimum absolute atomic E-state index is 0.0214. The van der Waals surface area contributed by atoms with Crippen LogP contribution in [0.3, 0.4) is 0 Å². The molecule has 0 aliphatic heterocycles. The summed E-state index contributed by atoms with van der Waals surface area (Å²) >= 11 is 0. The first-order valence-electron chi connectivity index (χ1n) is 9.95. The quantitative estimate of drug-likeness (QED) is 0.235. The second kappa shape index (κ2) is 11.3. The van der Waals surface area contributed by atoms with Crippen LogP contribution < -0.4 is 11.1 Å². The van der Waals surface area contributed by atoms with Gasteiger partial charge < -0.3 is 20.5 Å². The second-order valence-electron chi connectivity index (χ2n) is 8.47. The van der Waals surface area contributed by atoms with Crippen LogP contribution in [0, 0.1) is 12.3 Å². The number of primary amides is 1. The second-order valence-corrected chi connectivity index (χ2v) is 8.47. The molecule has 0 spiro atoms.